The number of nitrogens with zero attached hydrogens (tertiary/aromatic N) is 4. The van der Waals surface area contributed by atoms with E-state index in [9.17, 15) is 14.4 Å². The zero-order valence-corrected chi connectivity index (χ0v) is 15.5. The van der Waals surface area contributed by atoms with Crippen molar-refractivity contribution in [2.75, 3.05) is 5.43 Å². The van der Waals surface area contributed by atoms with Crippen LogP contribution in [0.2, 0.25) is 0 Å². The van der Waals surface area contributed by atoms with Crippen LogP contribution in [-0.2, 0) is 5.54 Å². The summed E-state index contributed by atoms with van der Waals surface area (Å²) in [5.41, 5.74) is 1.90. The van der Waals surface area contributed by atoms with Crippen molar-refractivity contribution in [1.29, 1.82) is 0 Å². The molecule has 142 valence electrons. The maximum absolute atomic E-state index is 12.7. The van der Waals surface area contributed by atoms with Crippen molar-refractivity contribution in [3.05, 3.63) is 69.2 Å². The van der Waals surface area contributed by atoms with Gasteiger partial charge < -0.3 is 4.42 Å². The molecule has 1 aromatic carbocycles. The Morgan fingerprint density at radius 2 is 1.89 bits per heavy atom. The van der Waals surface area contributed by atoms with Crippen LogP contribution in [-0.4, -0.2) is 25.3 Å². The molecule has 1 amide bonds. The molecule has 28 heavy (non-hydrogen) atoms. The van der Waals surface area contributed by atoms with Crippen LogP contribution in [0.3, 0.4) is 0 Å². The fourth-order valence-electron chi connectivity index (χ4n) is 2.86. The van der Waals surface area contributed by atoms with E-state index in [2.05, 4.69) is 15.5 Å². The SMILES string of the molecule is CC(C)(C)n1ncc2c(=O)n(NC(=O)c3cc(=O)c4ccccc4o3)cnc21. The van der Waals surface area contributed by atoms with Crippen LogP contribution in [0.15, 0.2) is 56.9 Å². The topological polar surface area (TPSA) is 112 Å². The van der Waals surface area contributed by atoms with Gasteiger partial charge in [0.25, 0.3) is 5.56 Å². The highest BCUT2D eigenvalue weighted by molar-refractivity contribution is 5.98. The molecule has 0 bridgehead atoms. The van der Waals surface area contributed by atoms with Crippen molar-refractivity contribution in [2.45, 2.75) is 26.3 Å². The predicted octanol–water partition coefficient (Wildman–Crippen LogP) is 1.84. The number of carbonyl (C=O) groups excluding carboxylic acids is 1. The lowest BCUT2D eigenvalue weighted by Gasteiger charge is -2.19. The van der Waals surface area contributed by atoms with Gasteiger partial charge in [0, 0.05) is 6.07 Å². The molecule has 0 aliphatic rings. The second kappa shape index (κ2) is 6.15. The highest BCUT2D eigenvalue weighted by Gasteiger charge is 2.20. The van der Waals surface area contributed by atoms with Gasteiger partial charge in [0.05, 0.1) is 17.1 Å². The lowest BCUT2D eigenvalue weighted by Crippen LogP contribution is -2.34. The highest BCUT2D eigenvalue weighted by Crippen LogP contribution is 2.17. The van der Waals surface area contributed by atoms with Gasteiger partial charge in [-0.05, 0) is 32.9 Å². The second-order valence-electron chi connectivity index (χ2n) is 7.30. The van der Waals surface area contributed by atoms with Crippen LogP contribution in [0.5, 0.6) is 0 Å². The van der Waals surface area contributed by atoms with Gasteiger partial charge in [0.15, 0.2) is 16.8 Å². The van der Waals surface area contributed by atoms with Gasteiger partial charge in [-0.3, -0.25) is 19.8 Å². The third-order valence-electron chi connectivity index (χ3n) is 4.20. The van der Waals surface area contributed by atoms with E-state index in [1.165, 1.54) is 12.5 Å². The fourth-order valence-corrected chi connectivity index (χ4v) is 2.86. The molecule has 1 N–H and O–H groups in total. The minimum absolute atomic E-state index is 0.207. The summed E-state index contributed by atoms with van der Waals surface area (Å²) in [6.07, 6.45) is 2.61. The van der Waals surface area contributed by atoms with Crippen molar-refractivity contribution in [3.63, 3.8) is 0 Å². The standard InChI is InChI=1S/C19H17N5O4/c1-19(2,3)24-16-12(9-21-24)18(27)23(10-20-16)22-17(26)15-8-13(25)11-6-4-5-7-14(11)28-15/h4-10H,1-3H3,(H,22,26). The predicted molar refractivity (Wildman–Crippen MR) is 103 cm³/mol. The Balaban J connectivity index is 1.72. The molecule has 9 nitrogen and oxygen atoms in total. The van der Waals surface area contributed by atoms with Crippen molar-refractivity contribution in [1.82, 2.24) is 19.4 Å². The number of rotatable bonds is 2. The largest absolute Gasteiger partial charge is 0.451 e. The Hall–Kier alpha value is -3.75. The van der Waals surface area contributed by atoms with Crippen molar-refractivity contribution < 1.29 is 9.21 Å². The summed E-state index contributed by atoms with van der Waals surface area (Å²) < 4.78 is 8.06. The molecule has 4 aromatic rings. The maximum Gasteiger partial charge on any atom is 0.306 e. The van der Waals surface area contributed by atoms with E-state index in [0.717, 1.165) is 10.7 Å². The summed E-state index contributed by atoms with van der Waals surface area (Å²) >= 11 is 0. The Labute approximate surface area is 158 Å². The van der Waals surface area contributed by atoms with Gasteiger partial charge in [-0.1, -0.05) is 12.1 Å². The number of hydrogen-bond acceptors (Lipinski definition) is 6. The van der Waals surface area contributed by atoms with Gasteiger partial charge in [-0.25, -0.2) is 14.3 Å². The quantitative estimate of drug-likeness (QED) is 0.569. The number of fused-ring (bicyclic) bond motifs is 2. The maximum atomic E-state index is 12.7. The molecule has 3 heterocycles. The van der Waals surface area contributed by atoms with E-state index < -0.39 is 11.5 Å². The molecule has 0 radical (unpaired) electrons. The summed E-state index contributed by atoms with van der Waals surface area (Å²) in [5.74, 6) is -0.949. The summed E-state index contributed by atoms with van der Waals surface area (Å²) in [7, 11) is 0. The molecule has 4 rings (SSSR count). The number of nitrogens with one attached hydrogen (secondary N) is 1. The Bertz CT molecular complexity index is 1340. The fraction of sp³-hybridized carbons (Fsp3) is 0.211. The molecule has 0 unspecified atom stereocenters. The molecule has 0 saturated heterocycles. The van der Waals surface area contributed by atoms with Crippen LogP contribution in [0.25, 0.3) is 22.0 Å². The van der Waals surface area contributed by atoms with E-state index >= 15 is 0 Å². The second-order valence-corrected chi connectivity index (χ2v) is 7.30. The molecular weight excluding hydrogens is 362 g/mol. The zero-order valence-electron chi connectivity index (χ0n) is 15.5. The molecular formula is C19H17N5O4. The molecule has 3 aromatic heterocycles. The van der Waals surface area contributed by atoms with E-state index in [1.54, 1.807) is 28.9 Å². The van der Waals surface area contributed by atoms with Crippen molar-refractivity contribution in [3.8, 4) is 0 Å². The molecule has 0 aliphatic carbocycles. The first-order valence-corrected chi connectivity index (χ1v) is 8.56. The van der Waals surface area contributed by atoms with Crippen molar-refractivity contribution in [2.24, 2.45) is 0 Å². The number of amides is 1. The van der Waals surface area contributed by atoms with E-state index in [1.807, 2.05) is 20.8 Å². The van der Waals surface area contributed by atoms with Gasteiger partial charge >= 0.3 is 5.91 Å². The monoisotopic (exact) mass is 379 g/mol. The van der Waals surface area contributed by atoms with Crippen LogP contribution in [0, 0.1) is 0 Å². The Morgan fingerprint density at radius 1 is 1.14 bits per heavy atom. The van der Waals surface area contributed by atoms with Gasteiger partial charge in [0.1, 0.15) is 17.3 Å². The van der Waals surface area contributed by atoms with Gasteiger partial charge in [0.2, 0.25) is 0 Å². The Morgan fingerprint density at radius 3 is 2.64 bits per heavy atom. The minimum atomic E-state index is -0.741. The summed E-state index contributed by atoms with van der Waals surface area (Å²) in [6.45, 7) is 5.82. The van der Waals surface area contributed by atoms with Gasteiger partial charge in [-0.15, -0.1) is 0 Å². The molecule has 0 fully saturated rings. The minimum Gasteiger partial charge on any atom is -0.451 e. The van der Waals surface area contributed by atoms with Crippen LogP contribution < -0.4 is 16.4 Å². The summed E-state index contributed by atoms with van der Waals surface area (Å²) in [4.78, 5) is 41.6. The average molecular weight is 379 g/mol. The number of aromatic nitrogens is 4. The van der Waals surface area contributed by atoms with Crippen LogP contribution >= 0.6 is 0 Å². The van der Waals surface area contributed by atoms with Crippen LogP contribution in [0.1, 0.15) is 31.3 Å². The van der Waals surface area contributed by atoms with E-state index in [-0.39, 0.29) is 27.7 Å². The lowest BCUT2D eigenvalue weighted by molar-refractivity contribution is 0.0981. The first-order chi connectivity index (χ1) is 13.3. The average Bonchev–Trinajstić information content (AvgIpc) is 3.09. The lowest BCUT2D eigenvalue weighted by atomic mass is 10.1. The molecule has 0 spiro atoms. The van der Waals surface area contributed by atoms with Crippen molar-refractivity contribution >= 4 is 27.9 Å². The first-order valence-electron chi connectivity index (χ1n) is 8.56. The highest BCUT2D eigenvalue weighted by atomic mass is 16.3. The third kappa shape index (κ3) is 2.86. The molecule has 0 atom stereocenters. The Kier molecular flexibility index (Phi) is 3.88. The van der Waals surface area contributed by atoms with E-state index in [0.29, 0.717) is 11.0 Å². The molecule has 0 saturated carbocycles. The summed E-state index contributed by atoms with van der Waals surface area (Å²) in [6, 6.07) is 7.69. The number of para-hydroxylation sites is 1. The molecule has 9 heteroatoms. The first kappa shape index (κ1) is 17.7. The van der Waals surface area contributed by atoms with Gasteiger partial charge in [-0.2, -0.15) is 5.10 Å². The smallest absolute Gasteiger partial charge is 0.306 e. The molecule has 0 aliphatic heterocycles. The van der Waals surface area contributed by atoms with Crippen LogP contribution in [0.4, 0.5) is 0 Å². The van der Waals surface area contributed by atoms with E-state index in [4.69, 9.17) is 4.42 Å². The summed E-state index contributed by atoms with van der Waals surface area (Å²) in [5, 5.41) is 4.85. The normalized spacial score (nSPS) is 11.8. The number of carbonyl (C=O) groups is 1. The number of benzene rings is 1. The third-order valence-corrected chi connectivity index (χ3v) is 4.20. The number of hydrogen-bond donors (Lipinski definition) is 1. The zero-order chi connectivity index (χ0) is 20.1.